The molecule has 0 aromatic rings. The van der Waals surface area contributed by atoms with Crippen molar-refractivity contribution < 1.29 is 53.4 Å². The number of aliphatic hydroxyl groups excluding tert-OH is 1. The third-order valence-corrected chi connectivity index (χ3v) is 8.72. The van der Waals surface area contributed by atoms with Crippen LogP contribution in [0.2, 0.25) is 0 Å². The van der Waals surface area contributed by atoms with Crippen LogP contribution in [0.1, 0.15) is 91.9 Å². The average molecular weight is 661 g/mol. The highest BCUT2D eigenvalue weighted by atomic mass is 16.7. The van der Waals surface area contributed by atoms with E-state index in [9.17, 15) is 24.3 Å². The van der Waals surface area contributed by atoms with Crippen LogP contribution in [0.15, 0.2) is 60.3 Å². The van der Waals surface area contributed by atoms with Crippen molar-refractivity contribution >= 4 is 23.9 Å². The number of aliphatic hydroxyl groups is 1. The standard InChI is InChI=1S/C36H52O11/c1-6-7-21-35(47-34(43)19-18-32(40)41)23-24-36(46-30(35)10-8-9-11-33(42)44-5)22-20-27(4)29(45-36)16-13-25(2)12-15-28(37)26(3)14-17-31(38)39/h8-15,17,26-30,37H,6-7,16,18-24H2,1-5H3,(H,38,39)(H,40,41)/b10-8+,11-9+,15-12+,17-14+,25-13+/t26-,27-,28-,29+,30-,35+,36-/m0/s1. The predicted octanol–water partition coefficient (Wildman–Crippen LogP) is 5.83. The van der Waals surface area contributed by atoms with Crippen LogP contribution in [-0.4, -0.2) is 76.0 Å². The molecule has 2 aliphatic rings. The highest BCUT2D eigenvalue weighted by Gasteiger charge is 2.54. The van der Waals surface area contributed by atoms with Gasteiger partial charge >= 0.3 is 23.9 Å². The largest absolute Gasteiger partial charge is 0.481 e. The van der Waals surface area contributed by atoms with Crippen LogP contribution in [0.3, 0.4) is 0 Å². The minimum Gasteiger partial charge on any atom is -0.481 e. The van der Waals surface area contributed by atoms with Crippen molar-refractivity contribution in [1.29, 1.82) is 0 Å². The van der Waals surface area contributed by atoms with E-state index in [0.717, 1.165) is 30.9 Å². The third-order valence-electron chi connectivity index (χ3n) is 8.72. The van der Waals surface area contributed by atoms with E-state index in [1.807, 2.05) is 19.9 Å². The van der Waals surface area contributed by atoms with E-state index < -0.39 is 47.5 Å². The van der Waals surface area contributed by atoms with Crippen LogP contribution in [0.25, 0.3) is 0 Å². The number of rotatable bonds is 17. The molecule has 1 spiro atoms. The maximum atomic E-state index is 12.9. The van der Waals surface area contributed by atoms with E-state index in [-0.39, 0.29) is 30.8 Å². The van der Waals surface area contributed by atoms with Gasteiger partial charge in [-0.15, -0.1) is 0 Å². The van der Waals surface area contributed by atoms with E-state index in [1.54, 1.807) is 31.2 Å². The van der Waals surface area contributed by atoms with Gasteiger partial charge in [0.15, 0.2) is 5.79 Å². The first kappa shape index (κ1) is 39.6. The van der Waals surface area contributed by atoms with E-state index in [2.05, 4.69) is 11.7 Å². The van der Waals surface area contributed by atoms with E-state index in [4.69, 9.17) is 24.4 Å². The number of carboxylic acids is 2. The molecule has 0 bridgehead atoms. The Balaban J connectivity index is 2.28. The zero-order valence-corrected chi connectivity index (χ0v) is 28.3. The van der Waals surface area contributed by atoms with Crippen LogP contribution in [0.4, 0.5) is 0 Å². The second kappa shape index (κ2) is 19.3. The van der Waals surface area contributed by atoms with Gasteiger partial charge in [-0.2, -0.15) is 0 Å². The normalized spacial score (nSPS) is 28.3. The quantitative estimate of drug-likeness (QED) is 0.0976. The molecule has 0 unspecified atom stereocenters. The summed E-state index contributed by atoms with van der Waals surface area (Å²) in [5, 5.41) is 28.3. The van der Waals surface area contributed by atoms with Gasteiger partial charge in [0.2, 0.25) is 0 Å². The fraction of sp³-hybridized carbons (Fsp3) is 0.611. The molecule has 11 heteroatoms. The van der Waals surface area contributed by atoms with Gasteiger partial charge in [-0.1, -0.05) is 75.3 Å². The molecule has 2 saturated heterocycles. The van der Waals surface area contributed by atoms with Crippen LogP contribution in [0.5, 0.6) is 0 Å². The Morgan fingerprint density at radius 1 is 1.00 bits per heavy atom. The van der Waals surface area contributed by atoms with Crippen molar-refractivity contribution in [2.75, 3.05) is 7.11 Å². The van der Waals surface area contributed by atoms with Crippen molar-refractivity contribution in [3.8, 4) is 0 Å². The molecule has 0 aliphatic carbocycles. The summed E-state index contributed by atoms with van der Waals surface area (Å²) >= 11 is 0. The van der Waals surface area contributed by atoms with Crippen molar-refractivity contribution in [2.45, 2.75) is 122 Å². The Morgan fingerprint density at radius 3 is 2.40 bits per heavy atom. The van der Waals surface area contributed by atoms with Crippen LogP contribution < -0.4 is 0 Å². The minimum atomic E-state index is -1.08. The zero-order chi connectivity index (χ0) is 35.0. The molecule has 7 atom stereocenters. The average Bonchev–Trinajstić information content (AvgIpc) is 3.04. The summed E-state index contributed by atoms with van der Waals surface area (Å²) in [6, 6.07) is 0. The SMILES string of the molecule is CCCC[C@@]1(OC(=O)CCC(=O)O)CC[C@]2(CC[C@H](C)[C@@H](C/C=C(C)/C=C/[C@H](O)[C@@H](C)/C=C/C(=O)O)O2)O[C@H]1/C=C/C=C/C(=O)OC. The molecule has 0 amide bonds. The van der Waals surface area contributed by atoms with Gasteiger partial charge in [0.05, 0.1) is 32.2 Å². The summed E-state index contributed by atoms with van der Waals surface area (Å²) in [4.78, 5) is 46.4. The Labute approximate surface area is 278 Å². The molecule has 2 fully saturated rings. The number of methoxy groups -OCH3 is 1. The zero-order valence-electron chi connectivity index (χ0n) is 28.3. The lowest BCUT2D eigenvalue weighted by Crippen LogP contribution is -2.59. The van der Waals surface area contributed by atoms with Gasteiger partial charge in [0, 0.05) is 30.9 Å². The first-order valence-electron chi connectivity index (χ1n) is 16.4. The number of carbonyl (C=O) groups is 4. The number of hydrogen-bond acceptors (Lipinski definition) is 9. The molecule has 2 aliphatic heterocycles. The van der Waals surface area contributed by atoms with E-state index in [1.165, 1.54) is 25.3 Å². The summed E-state index contributed by atoms with van der Waals surface area (Å²) in [6.45, 7) is 7.82. The number of carbonyl (C=O) groups excluding carboxylic acids is 2. The first-order valence-corrected chi connectivity index (χ1v) is 16.4. The van der Waals surface area contributed by atoms with Crippen molar-refractivity contribution in [3.05, 3.63) is 60.3 Å². The highest BCUT2D eigenvalue weighted by Crippen LogP contribution is 2.48. The first-order chi connectivity index (χ1) is 22.2. The van der Waals surface area contributed by atoms with Gasteiger partial charge < -0.3 is 34.3 Å². The predicted molar refractivity (Wildman–Crippen MR) is 175 cm³/mol. The van der Waals surface area contributed by atoms with Crippen molar-refractivity contribution in [2.24, 2.45) is 11.8 Å². The lowest BCUT2D eigenvalue weighted by molar-refractivity contribution is -0.344. The fourth-order valence-electron chi connectivity index (χ4n) is 5.69. The molecule has 2 heterocycles. The van der Waals surface area contributed by atoms with Crippen LogP contribution in [0, 0.1) is 11.8 Å². The van der Waals surface area contributed by atoms with Gasteiger partial charge in [-0.3, -0.25) is 9.59 Å². The molecule has 47 heavy (non-hydrogen) atoms. The van der Waals surface area contributed by atoms with Crippen LogP contribution in [-0.2, 0) is 38.1 Å². The molecule has 0 saturated carbocycles. The van der Waals surface area contributed by atoms with E-state index >= 15 is 0 Å². The van der Waals surface area contributed by atoms with Crippen molar-refractivity contribution in [3.63, 3.8) is 0 Å². The van der Waals surface area contributed by atoms with Crippen molar-refractivity contribution in [1.82, 2.24) is 0 Å². The van der Waals surface area contributed by atoms with Gasteiger partial charge in [-0.25, -0.2) is 9.59 Å². The molecule has 262 valence electrons. The second-order valence-electron chi connectivity index (χ2n) is 12.5. The molecule has 0 radical (unpaired) electrons. The van der Waals surface area contributed by atoms with Crippen LogP contribution >= 0.6 is 0 Å². The van der Waals surface area contributed by atoms with Gasteiger partial charge in [0.25, 0.3) is 0 Å². The molecular formula is C36H52O11. The summed E-state index contributed by atoms with van der Waals surface area (Å²) < 4.78 is 24.2. The second-order valence-corrected chi connectivity index (χ2v) is 12.5. The Hall–Kier alpha value is -3.54. The number of carboxylic acid groups (broad SMARTS) is 2. The number of aliphatic carboxylic acids is 2. The smallest absolute Gasteiger partial charge is 0.330 e. The molecule has 0 aromatic heterocycles. The highest BCUT2D eigenvalue weighted by molar-refractivity contribution is 5.82. The van der Waals surface area contributed by atoms with E-state index in [0.29, 0.717) is 32.1 Å². The number of hydrogen-bond donors (Lipinski definition) is 3. The maximum Gasteiger partial charge on any atom is 0.330 e. The summed E-state index contributed by atoms with van der Waals surface area (Å²) in [5.41, 5.74) is -0.115. The molecular weight excluding hydrogens is 608 g/mol. The Bertz CT molecular complexity index is 1220. The molecule has 11 nitrogen and oxygen atoms in total. The number of allylic oxidation sites excluding steroid dienone is 4. The number of ether oxygens (including phenoxy) is 4. The summed E-state index contributed by atoms with van der Waals surface area (Å²) in [5.74, 6) is -4.32. The molecule has 2 rings (SSSR count). The topological polar surface area (TPSA) is 166 Å². The Kier molecular flexibility index (Phi) is 16.3. The number of esters is 2. The Morgan fingerprint density at radius 2 is 1.74 bits per heavy atom. The number of unbranched alkanes of at least 4 members (excludes halogenated alkanes) is 1. The third kappa shape index (κ3) is 13.2. The maximum absolute atomic E-state index is 12.9. The lowest BCUT2D eigenvalue weighted by Gasteiger charge is -2.53. The lowest BCUT2D eigenvalue weighted by atomic mass is 9.78. The van der Waals surface area contributed by atoms with Gasteiger partial charge in [-0.05, 0) is 44.9 Å². The minimum absolute atomic E-state index is 0.167. The summed E-state index contributed by atoms with van der Waals surface area (Å²) in [7, 11) is 1.29. The fourth-order valence-corrected chi connectivity index (χ4v) is 5.69. The van der Waals surface area contributed by atoms with Gasteiger partial charge in [0.1, 0.15) is 11.7 Å². The summed E-state index contributed by atoms with van der Waals surface area (Å²) in [6.07, 6.45) is 17.0. The molecule has 0 aromatic carbocycles. The monoisotopic (exact) mass is 660 g/mol. The molecule has 3 N–H and O–H groups in total.